The Kier molecular flexibility index (Phi) is 4.98. The van der Waals surface area contributed by atoms with Crippen molar-refractivity contribution in [3.8, 4) is 0 Å². The van der Waals surface area contributed by atoms with Crippen molar-refractivity contribution in [2.75, 3.05) is 0 Å². The maximum atomic E-state index is 13.5. The lowest BCUT2D eigenvalue weighted by Gasteiger charge is -2.34. The molecule has 1 aromatic rings. The molecule has 2 nitrogen and oxygen atoms in total. The number of halogens is 2. The molecular weight excluding hydrogens is 309 g/mol. The first-order chi connectivity index (χ1) is 8.95. The van der Waals surface area contributed by atoms with E-state index in [1.54, 1.807) is 12.1 Å². The fourth-order valence-corrected chi connectivity index (χ4v) is 3.02. The van der Waals surface area contributed by atoms with Crippen LogP contribution in [0.1, 0.15) is 45.2 Å². The molecule has 19 heavy (non-hydrogen) atoms. The molecule has 2 rings (SSSR count). The van der Waals surface area contributed by atoms with Crippen LogP contribution in [0.2, 0.25) is 0 Å². The Bertz CT molecular complexity index is 430. The van der Waals surface area contributed by atoms with Crippen LogP contribution < -0.4 is 5.32 Å². The molecule has 106 valence electrons. The van der Waals surface area contributed by atoms with Crippen molar-refractivity contribution in [2.24, 2.45) is 0 Å². The third-order valence-corrected chi connectivity index (χ3v) is 4.27. The molecule has 0 spiro atoms. The average molecular weight is 330 g/mol. The van der Waals surface area contributed by atoms with Gasteiger partial charge in [0, 0.05) is 12.1 Å². The van der Waals surface area contributed by atoms with Gasteiger partial charge < -0.3 is 10.1 Å². The van der Waals surface area contributed by atoms with Gasteiger partial charge in [-0.2, -0.15) is 0 Å². The highest BCUT2D eigenvalue weighted by Crippen LogP contribution is 2.24. The van der Waals surface area contributed by atoms with E-state index in [4.69, 9.17) is 4.74 Å². The largest absolute Gasteiger partial charge is 0.375 e. The van der Waals surface area contributed by atoms with E-state index in [0.717, 1.165) is 18.4 Å². The van der Waals surface area contributed by atoms with Gasteiger partial charge >= 0.3 is 0 Å². The third kappa shape index (κ3) is 4.01. The third-order valence-electron chi connectivity index (χ3n) is 3.63. The Morgan fingerprint density at radius 2 is 1.95 bits per heavy atom. The minimum atomic E-state index is -0.208. The van der Waals surface area contributed by atoms with Crippen LogP contribution in [-0.2, 0) is 4.74 Å². The molecule has 0 aromatic heterocycles. The normalized spacial score (nSPS) is 29.2. The molecule has 0 amide bonds. The van der Waals surface area contributed by atoms with Crippen LogP contribution in [0.5, 0.6) is 0 Å². The van der Waals surface area contributed by atoms with Gasteiger partial charge in [0.1, 0.15) is 5.82 Å². The zero-order valence-electron chi connectivity index (χ0n) is 11.6. The molecule has 1 saturated heterocycles. The summed E-state index contributed by atoms with van der Waals surface area (Å²) < 4.78 is 19.8. The molecule has 0 bridgehead atoms. The average Bonchev–Trinajstić information content (AvgIpc) is 2.31. The Hall–Kier alpha value is -0.450. The van der Waals surface area contributed by atoms with Crippen molar-refractivity contribution < 1.29 is 9.13 Å². The van der Waals surface area contributed by atoms with Gasteiger partial charge in [-0.15, -0.1) is 0 Å². The molecule has 1 aromatic carbocycles. The van der Waals surface area contributed by atoms with Gasteiger partial charge in [0.25, 0.3) is 0 Å². The van der Waals surface area contributed by atoms with E-state index in [1.807, 2.05) is 6.07 Å². The lowest BCUT2D eigenvalue weighted by Crippen LogP contribution is -2.42. The molecule has 4 atom stereocenters. The molecule has 0 aliphatic carbocycles. The minimum Gasteiger partial charge on any atom is -0.375 e. The van der Waals surface area contributed by atoms with Gasteiger partial charge in [-0.1, -0.05) is 6.07 Å². The van der Waals surface area contributed by atoms with Crippen molar-refractivity contribution in [1.82, 2.24) is 5.32 Å². The molecule has 1 aliphatic heterocycles. The predicted octanol–water partition coefficient (Wildman–Crippen LogP) is 4.19. The summed E-state index contributed by atoms with van der Waals surface area (Å²) in [6, 6.07) is 5.88. The van der Waals surface area contributed by atoms with Crippen LogP contribution in [0.4, 0.5) is 4.39 Å². The number of hydrogen-bond donors (Lipinski definition) is 1. The molecule has 4 heteroatoms. The van der Waals surface area contributed by atoms with E-state index < -0.39 is 0 Å². The summed E-state index contributed by atoms with van der Waals surface area (Å²) in [5, 5.41) is 3.58. The first kappa shape index (κ1) is 14.9. The first-order valence-corrected chi connectivity index (χ1v) is 7.61. The second kappa shape index (κ2) is 6.33. The summed E-state index contributed by atoms with van der Waals surface area (Å²) >= 11 is 3.18. The summed E-state index contributed by atoms with van der Waals surface area (Å²) in [4.78, 5) is 0. The SMILES string of the molecule is C[C@@H]1CC(N[C@H](C)c2ccc(Br)c(F)c2)C[C@H](C)O1. The molecule has 1 N–H and O–H groups in total. The van der Waals surface area contributed by atoms with Crippen molar-refractivity contribution in [3.05, 3.63) is 34.1 Å². The van der Waals surface area contributed by atoms with Crippen LogP contribution in [0.25, 0.3) is 0 Å². The maximum absolute atomic E-state index is 13.5. The van der Waals surface area contributed by atoms with E-state index in [9.17, 15) is 4.39 Å². The number of benzene rings is 1. The fourth-order valence-electron chi connectivity index (χ4n) is 2.77. The van der Waals surface area contributed by atoms with Gasteiger partial charge in [0.2, 0.25) is 0 Å². The second-order valence-corrected chi connectivity index (χ2v) is 6.34. The van der Waals surface area contributed by atoms with E-state index in [2.05, 4.69) is 42.0 Å². The summed E-state index contributed by atoms with van der Waals surface area (Å²) in [6.07, 6.45) is 2.59. The lowest BCUT2D eigenvalue weighted by atomic mass is 9.98. The highest BCUT2D eigenvalue weighted by atomic mass is 79.9. The van der Waals surface area contributed by atoms with Crippen molar-refractivity contribution in [1.29, 1.82) is 0 Å². The van der Waals surface area contributed by atoms with Crippen molar-refractivity contribution >= 4 is 15.9 Å². The zero-order chi connectivity index (χ0) is 14.0. The summed E-state index contributed by atoms with van der Waals surface area (Å²) in [7, 11) is 0. The second-order valence-electron chi connectivity index (χ2n) is 5.49. The number of hydrogen-bond acceptors (Lipinski definition) is 2. The van der Waals surface area contributed by atoms with E-state index in [1.165, 1.54) is 0 Å². The Morgan fingerprint density at radius 3 is 2.53 bits per heavy atom. The quantitative estimate of drug-likeness (QED) is 0.897. The highest BCUT2D eigenvalue weighted by Gasteiger charge is 2.25. The molecule has 0 saturated carbocycles. The molecule has 1 unspecified atom stereocenters. The smallest absolute Gasteiger partial charge is 0.137 e. The summed E-state index contributed by atoms with van der Waals surface area (Å²) in [6.45, 7) is 6.29. The van der Waals surface area contributed by atoms with Gasteiger partial charge in [0.15, 0.2) is 0 Å². The van der Waals surface area contributed by atoms with Crippen LogP contribution in [-0.4, -0.2) is 18.2 Å². The Morgan fingerprint density at radius 1 is 1.32 bits per heavy atom. The van der Waals surface area contributed by atoms with Crippen LogP contribution in [0.15, 0.2) is 22.7 Å². The van der Waals surface area contributed by atoms with Gasteiger partial charge in [-0.25, -0.2) is 4.39 Å². The van der Waals surface area contributed by atoms with E-state index in [0.29, 0.717) is 10.5 Å². The maximum Gasteiger partial charge on any atom is 0.137 e. The Balaban J connectivity index is 2.00. The molecular formula is C15H21BrFNO. The number of rotatable bonds is 3. The molecule has 1 heterocycles. The van der Waals surface area contributed by atoms with E-state index in [-0.39, 0.29) is 24.1 Å². The molecule has 1 aliphatic rings. The number of nitrogens with one attached hydrogen (secondary N) is 1. The van der Waals surface area contributed by atoms with Gasteiger partial charge in [-0.3, -0.25) is 0 Å². The predicted molar refractivity (Wildman–Crippen MR) is 78.7 cm³/mol. The van der Waals surface area contributed by atoms with Crippen molar-refractivity contribution in [3.63, 3.8) is 0 Å². The van der Waals surface area contributed by atoms with Crippen LogP contribution in [0, 0.1) is 5.82 Å². The van der Waals surface area contributed by atoms with Crippen molar-refractivity contribution in [2.45, 2.75) is 57.9 Å². The lowest BCUT2D eigenvalue weighted by molar-refractivity contribution is -0.0433. The van der Waals surface area contributed by atoms with Crippen LogP contribution in [0.3, 0.4) is 0 Å². The minimum absolute atomic E-state index is 0.144. The van der Waals surface area contributed by atoms with E-state index >= 15 is 0 Å². The topological polar surface area (TPSA) is 21.3 Å². The Labute approximate surface area is 122 Å². The van der Waals surface area contributed by atoms with Gasteiger partial charge in [-0.05, 0) is 67.2 Å². The number of ether oxygens (including phenoxy) is 1. The first-order valence-electron chi connectivity index (χ1n) is 6.82. The standard InChI is InChI=1S/C15H21BrFNO/c1-9-6-13(7-10(2)19-9)18-11(3)12-4-5-14(16)15(17)8-12/h4-5,8-11,13,18H,6-7H2,1-3H3/t9-,10+,11-,13?/m1/s1. The zero-order valence-corrected chi connectivity index (χ0v) is 13.2. The highest BCUT2D eigenvalue weighted by molar-refractivity contribution is 9.10. The monoisotopic (exact) mass is 329 g/mol. The summed E-state index contributed by atoms with van der Waals surface area (Å²) in [5.74, 6) is -0.208. The fraction of sp³-hybridized carbons (Fsp3) is 0.600. The molecule has 0 radical (unpaired) electrons. The summed E-state index contributed by atoms with van der Waals surface area (Å²) in [5.41, 5.74) is 0.979. The van der Waals surface area contributed by atoms with Gasteiger partial charge in [0.05, 0.1) is 16.7 Å². The molecule has 1 fully saturated rings. The van der Waals surface area contributed by atoms with Crippen LogP contribution >= 0.6 is 15.9 Å².